The lowest BCUT2D eigenvalue weighted by molar-refractivity contribution is -0.121. The van der Waals surface area contributed by atoms with Gasteiger partial charge >= 0.3 is 0 Å². The normalized spacial score (nSPS) is 16.6. The molecular formula is C18H28N2O3S. The second-order valence-corrected chi connectivity index (χ2v) is 8.41. The third kappa shape index (κ3) is 5.60. The Kier molecular flexibility index (Phi) is 6.80. The number of aryl methyl sites for hydroxylation is 2. The Morgan fingerprint density at radius 1 is 1.12 bits per heavy atom. The first-order chi connectivity index (χ1) is 11.4. The van der Waals surface area contributed by atoms with Crippen LogP contribution in [-0.2, 0) is 14.8 Å². The van der Waals surface area contributed by atoms with Crippen molar-refractivity contribution in [2.45, 2.75) is 69.7 Å². The van der Waals surface area contributed by atoms with Crippen LogP contribution in [0.1, 0.15) is 56.1 Å². The Labute approximate surface area is 145 Å². The zero-order valence-electron chi connectivity index (χ0n) is 14.6. The standard InChI is InChI=1S/C18H28N2O3S/c1-14-9-10-15(2)17(13-14)24(22,23)19-12-11-18(21)20-16-7-5-3-4-6-8-16/h9-10,13,16,19H,3-8,11-12H2,1-2H3,(H,20,21). The van der Waals surface area contributed by atoms with Crippen LogP contribution in [0.25, 0.3) is 0 Å². The van der Waals surface area contributed by atoms with Crippen molar-refractivity contribution < 1.29 is 13.2 Å². The molecule has 1 aromatic carbocycles. The summed E-state index contributed by atoms with van der Waals surface area (Å²) >= 11 is 0. The van der Waals surface area contributed by atoms with Gasteiger partial charge in [-0.2, -0.15) is 0 Å². The van der Waals surface area contributed by atoms with E-state index >= 15 is 0 Å². The van der Waals surface area contributed by atoms with Gasteiger partial charge in [-0.15, -0.1) is 0 Å². The zero-order chi connectivity index (χ0) is 17.6. The summed E-state index contributed by atoms with van der Waals surface area (Å²) in [7, 11) is -3.58. The van der Waals surface area contributed by atoms with Crippen molar-refractivity contribution in [3.8, 4) is 0 Å². The van der Waals surface area contributed by atoms with Crippen LogP contribution in [0.2, 0.25) is 0 Å². The number of hydrogen-bond donors (Lipinski definition) is 2. The number of benzene rings is 1. The Morgan fingerprint density at radius 2 is 1.79 bits per heavy atom. The fourth-order valence-electron chi connectivity index (χ4n) is 3.10. The third-order valence-electron chi connectivity index (χ3n) is 4.50. The van der Waals surface area contributed by atoms with Crippen LogP contribution in [0, 0.1) is 13.8 Å². The molecule has 1 saturated carbocycles. The minimum absolute atomic E-state index is 0.0782. The van der Waals surface area contributed by atoms with Crippen LogP contribution in [0.15, 0.2) is 23.1 Å². The Bertz CT molecular complexity index is 663. The van der Waals surface area contributed by atoms with E-state index in [0.29, 0.717) is 5.56 Å². The summed E-state index contributed by atoms with van der Waals surface area (Å²) < 4.78 is 27.3. The van der Waals surface area contributed by atoms with Crippen LogP contribution in [0.5, 0.6) is 0 Å². The van der Waals surface area contributed by atoms with E-state index in [1.807, 2.05) is 13.0 Å². The number of rotatable bonds is 6. The monoisotopic (exact) mass is 352 g/mol. The predicted molar refractivity (Wildman–Crippen MR) is 95.4 cm³/mol. The fourth-order valence-corrected chi connectivity index (χ4v) is 4.46. The summed E-state index contributed by atoms with van der Waals surface area (Å²) in [5, 5.41) is 3.03. The SMILES string of the molecule is Cc1ccc(C)c(S(=O)(=O)NCCC(=O)NC2CCCCCC2)c1. The molecule has 1 aromatic rings. The van der Waals surface area contributed by atoms with E-state index in [2.05, 4.69) is 10.0 Å². The highest BCUT2D eigenvalue weighted by Gasteiger charge is 2.18. The van der Waals surface area contributed by atoms with Gasteiger partial charge in [0.15, 0.2) is 0 Å². The number of sulfonamides is 1. The van der Waals surface area contributed by atoms with Crippen molar-refractivity contribution in [3.05, 3.63) is 29.3 Å². The molecule has 0 heterocycles. The molecule has 0 radical (unpaired) electrons. The molecule has 0 atom stereocenters. The first kappa shape index (κ1) is 18.9. The van der Waals surface area contributed by atoms with E-state index < -0.39 is 10.0 Å². The van der Waals surface area contributed by atoms with Crippen molar-refractivity contribution in [2.24, 2.45) is 0 Å². The van der Waals surface area contributed by atoms with Crippen molar-refractivity contribution in [3.63, 3.8) is 0 Å². The highest BCUT2D eigenvalue weighted by atomic mass is 32.2. The van der Waals surface area contributed by atoms with E-state index in [-0.39, 0.29) is 29.8 Å². The molecule has 1 fully saturated rings. The Balaban J connectivity index is 1.84. The van der Waals surface area contributed by atoms with Crippen LogP contribution < -0.4 is 10.0 Å². The van der Waals surface area contributed by atoms with Gasteiger partial charge in [0.25, 0.3) is 0 Å². The van der Waals surface area contributed by atoms with E-state index in [0.717, 1.165) is 31.2 Å². The second-order valence-electron chi connectivity index (χ2n) is 6.67. The maximum absolute atomic E-state index is 12.4. The van der Waals surface area contributed by atoms with Gasteiger partial charge in [0.1, 0.15) is 0 Å². The Hall–Kier alpha value is -1.40. The smallest absolute Gasteiger partial charge is 0.240 e. The molecule has 1 aliphatic carbocycles. The van der Waals surface area contributed by atoms with Crippen molar-refractivity contribution in [1.82, 2.24) is 10.0 Å². The van der Waals surface area contributed by atoms with Crippen LogP contribution in [0.4, 0.5) is 0 Å². The van der Waals surface area contributed by atoms with Crippen LogP contribution in [-0.4, -0.2) is 26.9 Å². The number of hydrogen-bond acceptors (Lipinski definition) is 3. The van der Waals surface area contributed by atoms with Gasteiger partial charge in [-0.25, -0.2) is 13.1 Å². The molecule has 0 saturated heterocycles. The first-order valence-corrected chi connectivity index (χ1v) is 10.2. The van der Waals surface area contributed by atoms with Gasteiger partial charge in [-0.05, 0) is 43.9 Å². The number of nitrogens with one attached hydrogen (secondary N) is 2. The average Bonchev–Trinajstić information content (AvgIpc) is 2.78. The Morgan fingerprint density at radius 3 is 2.46 bits per heavy atom. The van der Waals surface area contributed by atoms with Gasteiger partial charge in [0.2, 0.25) is 15.9 Å². The van der Waals surface area contributed by atoms with Gasteiger partial charge in [0, 0.05) is 19.0 Å². The quantitative estimate of drug-likeness (QED) is 0.773. The summed E-state index contributed by atoms with van der Waals surface area (Å²) in [6.45, 7) is 3.75. The highest BCUT2D eigenvalue weighted by molar-refractivity contribution is 7.89. The minimum Gasteiger partial charge on any atom is -0.353 e. The largest absolute Gasteiger partial charge is 0.353 e. The van der Waals surface area contributed by atoms with E-state index in [9.17, 15) is 13.2 Å². The first-order valence-electron chi connectivity index (χ1n) is 8.75. The lowest BCUT2D eigenvalue weighted by atomic mass is 10.1. The van der Waals surface area contributed by atoms with Crippen LogP contribution in [0.3, 0.4) is 0 Å². The zero-order valence-corrected chi connectivity index (χ0v) is 15.4. The number of carbonyl (C=O) groups excluding carboxylic acids is 1. The van der Waals surface area contributed by atoms with Crippen molar-refractivity contribution >= 4 is 15.9 Å². The maximum atomic E-state index is 12.4. The third-order valence-corrected chi connectivity index (χ3v) is 6.10. The molecule has 0 bridgehead atoms. The summed E-state index contributed by atoms with van der Waals surface area (Å²) in [6.07, 6.45) is 7.01. The molecule has 0 unspecified atom stereocenters. The molecule has 5 nitrogen and oxygen atoms in total. The van der Waals surface area contributed by atoms with Gasteiger partial charge in [0.05, 0.1) is 4.90 Å². The maximum Gasteiger partial charge on any atom is 0.240 e. The fraction of sp³-hybridized carbons (Fsp3) is 0.611. The van der Waals surface area contributed by atoms with Crippen molar-refractivity contribution in [1.29, 1.82) is 0 Å². The lowest BCUT2D eigenvalue weighted by Gasteiger charge is -2.16. The molecular weight excluding hydrogens is 324 g/mol. The molecule has 2 N–H and O–H groups in total. The van der Waals surface area contributed by atoms with E-state index in [4.69, 9.17) is 0 Å². The summed E-state index contributed by atoms with van der Waals surface area (Å²) in [6, 6.07) is 5.58. The lowest BCUT2D eigenvalue weighted by Crippen LogP contribution is -2.37. The van der Waals surface area contributed by atoms with Crippen LogP contribution >= 0.6 is 0 Å². The molecule has 1 aliphatic rings. The molecule has 134 valence electrons. The molecule has 6 heteroatoms. The van der Waals surface area contributed by atoms with E-state index in [1.165, 1.54) is 12.8 Å². The molecule has 2 rings (SSSR count). The predicted octanol–water partition coefficient (Wildman–Crippen LogP) is 2.81. The average molecular weight is 353 g/mol. The van der Waals surface area contributed by atoms with Crippen molar-refractivity contribution in [2.75, 3.05) is 6.54 Å². The van der Waals surface area contributed by atoms with Gasteiger partial charge in [-0.3, -0.25) is 4.79 Å². The summed E-state index contributed by atoms with van der Waals surface area (Å²) in [4.78, 5) is 12.3. The minimum atomic E-state index is -3.58. The number of amides is 1. The topological polar surface area (TPSA) is 75.3 Å². The number of carbonyl (C=O) groups is 1. The molecule has 1 amide bonds. The van der Waals surface area contributed by atoms with Gasteiger partial charge in [-0.1, -0.05) is 37.8 Å². The summed E-state index contributed by atoms with van der Waals surface area (Å²) in [5.41, 5.74) is 1.60. The second kappa shape index (κ2) is 8.62. The molecule has 0 aliphatic heterocycles. The molecule has 0 spiro atoms. The molecule has 24 heavy (non-hydrogen) atoms. The highest BCUT2D eigenvalue weighted by Crippen LogP contribution is 2.18. The summed E-state index contributed by atoms with van der Waals surface area (Å²) in [5.74, 6) is -0.0782. The van der Waals surface area contributed by atoms with Gasteiger partial charge < -0.3 is 5.32 Å². The molecule has 0 aromatic heterocycles. The van der Waals surface area contributed by atoms with E-state index in [1.54, 1.807) is 19.1 Å².